The number of pyridine rings is 1. The number of aromatic nitrogens is 1. The van der Waals surface area contributed by atoms with Crippen LogP contribution in [0.2, 0.25) is 10.0 Å². The van der Waals surface area contributed by atoms with Crippen molar-refractivity contribution in [2.75, 3.05) is 43.3 Å². The number of hydrogen-bond acceptors (Lipinski definition) is 10. The molecule has 6 rings (SSSR count). The van der Waals surface area contributed by atoms with E-state index in [1.165, 1.54) is 42.1 Å². The van der Waals surface area contributed by atoms with E-state index < -0.39 is 34.7 Å². The first-order valence-electron chi connectivity index (χ1n) is 15.0. The molecule has 1 aromatic heterocycles. The van der Waals surface area contributed by atoms with E-state index in [0.29, 0.717) is 40.8 Å². The molecule has 48 heavy (non-hydrogen) atoms. The summed E-state index contributed by atoms with van der Waals surface area (Å²) in [4.78, 5) is 15.8. The number of ether oxygens (including phenoxy) is 4. The van der Waals surface area contributed by atoms with E-state index >= 15 is 0 Å². The third kappa shape index (κ3) is 7.65. The minimum atomic E-state index is -4.16. The summed E-state index contributed by atoms with van der Waals surface area (Å²) in [6, 6.07) is 7.50. The number of halogens is 4. The van der Waals surface area contributed by atoms with Crippen LogP contribution in [0.25, 0.3) is 0 Å². The van der Waals surface area contributed by atoms with Gasteiger partial charge in [-0.15, -0.1) is 11.8 Å². The maximum atomic E-state index is 13.9. The van der Waals surface area contributed by atoms with Gasteiger partial charge in [-0.1, -0.05) is 29.3 Å². The third-order valence-corrected chi connectivity index (χ3v) is 11.9. The van der Waals surface area contributed by atoms with Crippen LogP contribution in [0.1, 0.15) is 30.1 Å². The molecule has 11 nitrogen and oxygen atoms in total. The molecule has 3 aliphatic rings. The third-order valence-electron chi connectivity index (χ3n) is 8.18. The van der Waals surface area contributed by atoms with Crippen LogP contribution < -0.4 is 23.8 Å². The maximum absolute atomic E-state index is 13.9. The minimum absolute atomic E-state index is 0.00314. The van der Waals surface area contributed by atoms with Gasteiger partial charge in [0.05, 0.1) is 29.6 Å². The molecular weight excluding hydrogens is 715 g/mol. The van der Waals surface area contributed by atoms with Crippen LogP contribution in [0.15, 0.2) is 53.7 Å². The van der Waals surface area contributed by atoms with Gasteiger partial charge in [-0.05, 0) is 54.7 Å². The Morgan fingerprint density at radius 2 is 1.90 bits per heavy atom. The molecule has 1 saturated heterocycles. The van der Waals surface area contributed by atoms with Crippen molar-refractivity contribution < 1.29 is 45.7 Å². The van der Waals surface area contributed by atoms with Crippen LogP contribution in [0.5, 0.6) is 17.2 Å². The van der Waals surface area contributed by atoms with E-state index in [9.17, 15) is 27.2 Å². The monoisotopic (exact) mass is 745 g/mol. The van der Waals surface area contributed by atoms with E-state index in [0.717, 1.165) is 29.5 Å². The Kier molecular flexibility index (Phi) is 10.3. The van der Waals surface area contributed by atoms with Crippen LogP contribution in [-0.4, -0.2) is 69.8 Å². The average molecular weight is 747 g/mol. The van der Waals surface area contributed by atoms with Crippen LogP contribution in [0.3, 0.4) is 0 Å². The van der Waals surface area contributed by atoms with E-state index in [4.69, 9.17) is 37.4 Å². The summed E-state index contributed by atoms with van der Waals surface area (Å²) in [5.74, 6) is -0.0456. The van der Waals surface area contributed by atoms with Crippen molar-refractivity contribution in [3.05, 3.63) is 75.2 Å². The van der Waals surface area contributed by atoms with Crippen molar-refractivity contribution in [3.8, 4) is 17.2 Å². The second-order valence-electron chi connectivity index (χ2n) is 11.6. The summed E-state index contributed by atoms with van der Waals surface area (Å²) in [5, 5.41) is 11.9. The fourth-order valence-electron chi connectivity index (χ4n) is 5.36. The number of fused-ring (bicyclic) bond motifs is 1. The van der Waals surface area contributed by atoms with Gasteiger partial charge in [-0.3, -0.25) is 4.79 Å². The van der Waals surface area contributed by atoms with Gasteiger partial charge in [0, 0.05) is 24.8 Å². The largest absolute Gasteiger partial charge is 0.619 e. The van der Waals surface area contributed by atoms with Crippen molar-refractivity contribution in [2.45, 2.75) is 42.9 Å². The number of nitrogens with zero attached hydrogens (tertiary/aromatic N) is 3. The van der Waals surface area contributed by atoms with Gasteiger partial charge < -0.3 is 29.1 Å². The van der Waals surface area contributed by atoms with Crippen molar-refractivity contribution >= 4 is 56.6 Å². The zero-order chi connectivity index (χ0) is 34.2. The van der Waals surface area contributed by atoms with Crippen LogP contribution >= 0.6 is 35.0 Å². The first kappa shape index (κ1) is 34.6. The molecule has 2 aromatic carbocycles. The Balaban J connectivity index is 1.31. The molecule has 0 spiro atoms. The standard InChI is InChI=1S/C31H31Cl2F2N3O8S2/c1-36-8-9-43-26-7-5-20(11-24(26)36)48(41,42)38-17-47-16-25(38)30(39)45-28(12-21-22(32)13-37(40)14-23(21)33)19-4-6-27(46-31(34)35)29(10-19)44-15-18-2-3-18/h4-7,10-11,13-14,18,25,28,31H,2-3,8-9,12,15-17H2,1H3/t25-,28+/m1/s1. The van der Waals surface area contributed by atoms with Crippen molar-refractivity contribution in [1.29, 1.82) is 0 Å². The number of likely N-dealkylation sites (N-methyl/N-ethyl adjacent to an activating group) is 1. The Morgan fingerprint density at radius 3 is 2.60 bits per heavy atom. The number of alkyl halides is 2. The summed E-state index contributed by atoms with van der Waals surface area (Å²) in [5.41, 5.74) is 1.21. The van der Waals surface area contributed by atoms with Crippen LogP contribution in [0.4, 0.5) is 14.5 Å². The normalized spacial score (nSPS) is 18.7. The van der Waals surface area contributed by atoms with Gasteiger partial charge in [0.15, 0.2) is 23.9 Å². The van der Waals surface area contributed by atoms with E-state index in [1.54, 1.807) is 6.07 Å². The number of benzene rings is 2. The molecule has 17 heteroatoms. The smallest absolute Gasteiger partial charge is 0.387 e. The molecule has 2 atom stereocenters. The molecule has 0 N–H and O–H groups in total. The lowest BCUT2D eigenvalue weighted by Gasteiger charge is -2.29. The molecule has 2 aliphatic heterocycles. The van der Waals surface area contributed by atoms with Crippen LogP contribution in [-0.2, 0) is 26.0 Å². The quantitative estimate of drug-likeness (QED) is 0.135. The van der Waals surface area contributed by atoms with Gasteiger partial charge in [-0.25, -0.2) is 8.42 Å². The van der Waals surface area contributed by atoms with Crippen molar-refractivity contribution in [1.82, 2.24) is 4.31 Å². The second kappa shape index (κ2) is 14.3. The summed E-state index contributed by atoms with van der Waals surface area (Å²) in [7, 11) is -2.33. The molecule has 0 bridgehead atoms. The Bertz CT molecular complexity index is 1780. The molecule has 2 fully saturated rings. The highest BCUT2D eigenvalue weighted by Gasteiger charge is 2.42. The highest BCUT2D eigenvalue weighted by Crippen LogP contribution is 2.40. The molecule has 3 heterocycles. The molecule has 3 aromatic rings. The Morgan fingerprint density at radius 1 is 1.15 bits per heavy atom. The Labute approximate surface area is 290 Å². The molecule has 0 amide bonds. The van der Waals surface area contributed by atoms with E-state index in [2.05, 4.69) is 4.74 Å². The van der Waals surface area contributed by atoms with Crippen molar-refractivity contribution in [2.24, 2.45) is 5.92 Å². The fourth-order valence-corrected chi connectivity index (χ4v) is 9.10. The number of thioether (sulfide) groups is 1. The van der Waals surface area contributed by atoms with Crippen LogP contribution in [0, 0.1) is 11.1 Å². The minimum Gasteiger partial charge on any atom is -0.619 e. The van der Waals surface area contributed by atoms with Gasteiger partial charge in [0.2, 0.25) is 10.0 Å². The first-order chi connectivity index (χ1) is 22.9. The number of esters is 1. The van der Waals surface area contributed by atoms with Gasteiger partial charge in [0.25, 0.3) is 0 Å². The summed E-state index contributed by atoms with van der Waals surface area (Å²) >= 11 is 14.0. The highest BCUT2D eigenvalue weighted by atomic mass is 35.5. The predicted octanol–water partition coefficient (Wildman–Crippen LogP) is 5.44. The second-order valence-corrected chi connectivity index (χ2v) is 15.3. The van der Waals surface area contributed by atoms with Crippen molar-refractivity contribution in [3.63, 3.8) is 0 Å². The summed E-state index contributed by atoms with van der Waals surface area (Å²) < 4.78 is 77.9. The number of sulfonamides is 1. The first-order valence-corrected chi connectivity index (χ1v) is 18.3. The van der Waals surface area contributed by atoms with Gasteiger partial charge in [0.1, 0.15) is 34.5 Å². The zero-order valence-electron chi connectivity index (χ0n) is 25.5. The Hall–Kier alpha value is -3.24. The molecule has 1 aliphatic carbocycles. The SMILES string of the molecule is CN1CCOc2ccc(S(=O)(=O)N3CSC[C@@H]3C(=O)O[C@@H](Cc3c(Cl)c[n+]([O-])cc3Cl)c3ccc(OC(F)F)c(OCC4CC4)c3)cc21. The topological polar surface area (TPSA) is 122 Å². The van der Waals surface area contributed by atoms with E-state index in [1.807, 2.05) is 11.9 Å². The molecular formula is C31H31Cl2F2N3O8S2. The molecule has 0 unspecified atom stereocenters. The zero-order valence-corrected chi connectivity index (χ0v) is 28.7. The molecule has 1 saturated carbocycles. The number of carbonyl (C=O) groups excluding carboxylic acids is 1. The van der Waals surface area contributed by atoms with Gasteiger partial charge >= 0.3 is 12.6 Å². The number of carbonyl (C=O) groups is 1. The lowest BCUT2D eigenvalue weighted by Crippen LogP contribution is -2.43. The fraction of sp³-hybridized carbons (Fsp3) is 0.419. The number of hydrogen-bond donors (Lipinski definition) is 0. The molecule has 258 valence electrons. The predicted molar refractivity (Wildman–Crippen MR) is 175 cm³/mol. The summed E-state index contributed by atoms with van der Waals surface area (Å²) in [6.07, 6.45) is 2.80. The average Bonchev–Trinajstić information content (AvgIpc) is 3.73. The lowest BCUT2D eigenvalue weighted by molar-refractivity contribution is -0.605. The number of rotatable bonds is 12. The lowest BCUT2D eigenvalue weighted by atomic mass is 10.0. The number of anilines is 1. The van der Waals surface area contributed by atoms with E-state index in [-0.39, 0.29) is 56.7 Å². The highest BCUT2D eigenvalue weighted by molar-refractivity contribution is 8.00. The maximum Gasteiger partial charge on any atom is 0.387 e. The molecule has 0 radical (unpaired) electrons. The summed E-state index contributed by atoms with van der Waals surface area (Å²) in [6.45, 7) is -1.77. The van der Waals surface area contributed by atoms with Gasteiger partial charge in [-0.2, -0.15) is 17.8 Å².